The molecular weight excluding hydrogens is 255 g/mol. The predicted octanol–water partition coefficient (Wildman–Crippen LogP) is 1.72. The summed E-state index contributed by atoms with van der Waals surface area (Å²) in [6.07, 6.45) is 3.76. The van der Waals surface area contributed by atoms with Crippen LogP contribution in [0.3, 0.4) is 0 Å². The van der Waals surface area contributed by atoms with E-state index in [0.717, 1.165) is 17.9 Å². The van der Waals surface area contributed by atoms with Crippen LogP contribution in [0.15, 0.2) is 12.3 Å². The zero-order chi connectivity index (χ0) is 14.5. The van der Waals surface area contributed by atoms with E-state index in [4.69, 9.17) is 0 Å². The Labute approximate surface area is 121 Å². The van der Waals surface area contributed by atoms with Crippen LogP contribution in [0.2, 0.25) is 0 Å². The average Bonchev–Trinajstić information content (AvgIpc) is 2.42. The second-order valence-electron chi connectivity index (χ2n) is 5.79. The van der Waals surface area contributed by atoms with Crippen LogP contribution in [0.1, 0.15) is 18.4 Å². The third kappa shape index (κ3) is 3.90. The van der Waals surface area contributed by atoms with Crippen molar-refractivity contribution in [3.63, 3.8) is 0 Å². The molecule has 0 amide bonds. The molecule has 0 aliphatic carbocycles. The van der Waals surface area contributed by atoms with Crippen LogP contribution in [0.4, 0.5) is 10.2 Å². The number of anilines is 1. The highest BCUT2D eigenvalue weighted by molar-refractivity contribution is 5.46. The first-order chi connectivity index (χ1) is 9.60. The summed E-state index contributed by atoms with van der Waals surface area (Å²) in [5, 5.41) is 3.08. The highest BCUT2D eigenvalue weighted by Gasteiger charge is 2.20. The van der Waals surface area contributed by atoms with Gasteiger partial charge in [0.1, 0.15) is 11.6 Å². The van der Waals surface area contributed by atoms with Crippen LogP contribution in [0, 0.1) is 11.7 Å². The first kappa shape index (κ1) is 15.2. The van der Waals surface area contributed by atoms with Gasteiger partial charge in [0.15, 0.2) is 0 Å². The number of aromatic nitrogens is 1. The Balaban J connectivity index is 2.02. The lowest BCUT2D eigenvalue weighted by atomic mass is 9.96. The largest absolute Gasteiger partial charge is 0.359 e. The number of rotatable bonds is 5. The molecule has 0 aromatic carbocycles. The van der Waals surface area contributed by atoms with Crippen molar-refractivity contribution in [1.29, 1.82) is 0 Å². The number of halogens is 1. The minimum Gasteiger partial charge on any atom is -0.359 e. The van der Waals surface area contributed by atoms with Crippen LogP contribution < -0.4 is 10.2 Å². The lowest BCUT2D eigenvalue weighted by Crippen LogP contribution is -2.36. The second kappa shape index (κ2) is 6.99. The first-order valence-corrected chi connectivity index (χ1v) is 7.29. The monoisotopic (exact) mass is 280 g/mol. The third-order valence-corrected chi connectivity index (χ3v) is 4.01. The van der Waals surface area contributed by atoms with Crippen LogP contribution in [-0.2, 0) is 6.54 Å². The summed E-state index contributed by atoms with van der Waals surface area (Å²) in [5.41, 5.74) is 0.919. The summed E-state index contributed by atoms with van der Waals surface area (Å²) in [6.45, 7) is 3.96. The van der Waals surface area contributed by atoms with Gasteiger partial charge in [-0.2, -0.15) is 0 Å². The molecular formula is C15H25FN4. The fourth-order valence-corrected chi connectivity index (χ4v) is 2.86. The van der Waals surface area contributed by atoms with Crippen LogP contribution in [-0.4, -0.2) is 50.7 Å². The molecule has 0 unspecified atom stereocenters. The van der Waals surface area contributed by atoms with Gasteiger partial charge >= 0.3 is 0 Å². The minimum absolute atomic E-state index is 0.272. The van der Waals surface area contributed by atoms with Crippen molar-refractivity contribution in [3.8, 4) is 0 Å². The van der Waals surface area contributed by atoms with E-state index < -0.39 is 0 Å². The lowest BCUT2D eigenvalue weighted by Gasteiger charge is -2.32. The van der Waals surface area contributed by atoms with Crippen molar-refractivity contribution < 1.29 is 4.39 Å². The molecule has 0 bridgehead atoms. The van der Waals surface area contributed by atoms with Crippen molar-refractivity contribution >= 4 is 5.82 Å². The molecule has 0 saturated carbocycles. The Bertz CT molecular complexity index is 430. The number of piperidine rings is 1. The van der Waals surface area contributed by atoms with Gasteiger partial charge in [-0.3, -0.25) is 0 Å². The topological polar surface area (TPSA) is 31.4 Å². The molecule has 1 aliphatic rings. The van der Waals surface area contributed by atoms with E-state index in [-0.39, 0.29) is 5.82 Å². The lowest BCUT2D eigenvalue weighted by molar-refractivity contribution is 0.222. The van der Waals surface area contributed by atoms with Gasteiger partial charge in [-0.05, 0) is 52.0 Å². The van der Waals surface area contributed by atoms with E-state index >= 15 is 0 Å². The summed E-state index contributed by atoms with van der Waals surface area (Å²) in [4.78, 5) is 8.82. The summed E-state index contributed by atoms with van der Waals surface area (Å²) in [7, 11) is 6.09. The normalized spacial score (nSPS) is 17.4. The molecule has 1 N–H and O–H groups in total. The van der Waals surface area contributed by atoms with Crippen LogP contribution >= 0.6 is 0 Å². The Hall–Kier alpha value is -1.20. The highest BCUT2D eigenvalue weighted by Crippen LogP contribution is 2.22. The van der Waals surface area contributed by atoms with Gasteiger partial charge < -0.3 is 15.1 Å². The first-order valence-electron chi connectivity index (χ1n) is 7.29. The molecule has 2 rings (SSSR count). The fourth-order valence-electron chi connectivity index (χ4n) is 2.86. The number of hydrogen-bond acceptors (Lipinski definition) is 4. The van der Waals surface area contributed by atoms with Gasteiger partial charge in [0.25, 0.3) is 0 Å². The standard InChI is InChI=1S/C15H25FN4/c1-17-9-13-8-14(16)10-18-15(13)20(3)11-12-4-6-19(2)7-5-12/h8,10,12,17H,4-7,9,11H2,1-3H3. The van der Waals surface area contributed by atoms with Crippen molar-refractivity contribution in [2.24, 2.45) is 5.92 Å². The molecule has 0 radical (unpaired) electrons. The number of pyridine rings is 1. The van der Waals surface area contributed by atoms with Crippen molar-refractivity contribution in [1.82, 2.24) is 15.2 Å². The molecule has 0 atom stereocenters. The van der Waals surface area contributed by atoms with Gasteiger partial charge in [0.05, 0.1) is 6.20 Å². The van der Waals surface area contributed by atoms with Gasteiger partial charge in [-0.25, -0.2) is 9.37 Å². The molecule has 1 aromatic rings. The Morgan fingerprint density at radius 1 is 1.45 bits per heavy atom. The zero-order valence-corrected chi connectivity index (χ0v) is 12.7. The number of nitrogens with one attached hydrogen (secondary N) is 1. The Kier molecular flexibility index (Phi) is 5.31. The molecule has 1 fully saturated rings. The second-order valence-corrected chi connectivity index (χ2v) is 5.79. The van der Waals surface area contributed by atoms with Crippen molar-refractivity contribution in [2.45, 2.75) is 19.4 Å². The average molecular weight is 280 g/mol. The molecule has 20 heavy (non-hydrogen) atoms. The van der Waals surface area contributed by atoms with E-state index in [2.05, 4.69) is 34.2 Å². The van der Waals surface area contributed by atoms with Gasteiger partial charge in [0.2, 0.25) is 0 Å². The molecule has 4 nitrogen and oxygen atoms in total. The zero-order valence-electron chi connectivity index (χ0n) is 12.7. The molecule has 112 valence electrons. The Morgan fingerprint density at radius 3 is 2.80 bits per heavy atom. The quantitative estimate of drug-likeness (QED) is 0.890. The van der Waals surface area contributed by atoms with E-state index in [0.29, 0.717) is 12.5 Å². The summed E-state index contributed by atoms with van der Waals surface area (Å²) in [5.74, 6) is 1.32. The molecule has 1 aromatic heterocycles. The van der Waals surface area contributed by atoms with Crippen molar-refractivity contribution in [3.05, 3.63) is 23.6 Å². The Morgan fingerprint density at radius 2 is 2.15 bits per heavy atom. The van der Waals surface area contributed by atoms with Gasteiger partial charge in [0, 0.05) is 25.7 Å². The number of nitrogens with zero attached hydrogens (tertiary/aromatic N) is 3. The molecule has 2 heterocycles. The highest BCUT2D eigenvalue weighted by atomic mass is 19.1. The third-order valence-electron chi connectivity index (χ3n) is 4.01. The van der Waals surface area contributed by atoms with E-state index in [1.54, 1.807) is 6.07 Å². The molecule has 1 saturated heterocycles. The predicted molar refractivity (Wildman–Crippen MR) is 80.4 cm³/mol. The number of likely N-dealkylation sites (tertiary alicyclic amines) is 1. The summed E-state index contributed by atoms with van der Waals surface area (Å²) >= 11 is 0. The van der Waals surface area contributed by atoms with Crippen LogP contribution in [0.25, 0.3) is 0 Å². The fraction of sp³-hybridized carbons (Fsp3) is 0.667. The number of hydrogen-bond donors (Lipinski definition) is 1. The molecule has 0 spiro atoms. The van der Waals surface area contributed by atoms with Crippen LogP contribution in [0.5, 0.6) is 0 Å². The van der Waals surface area contributed by atoms with E-state index in [1.807, 2.05) is 7.05 Å². The minimum atomic E-state index is -0.272. The van der Waals surface area contributed by atoms with E-state index in [1.165, 1.54) is 32.1 Å². The van der Waals surface area contributed by atoms with Gasteiger partial charge in [-0.1, -0.05) is 0 Å². The maximum atomic E-state index is 13.3. The molecule has 5 heteroatoms. The SMILES string of the molecule is CNCc1cc(F)cnc1N(C)CC1CCN(C)CC1. The van der Waals surface area contributed by atoms with Crippen molar-refractivity contribution in [2.75, 3.05) is 45.7 Å². The van der Waals surface area contributed by atoms with Gasteiger partial charge in [-0.15, -0.1) is 0 Å². The van der Waals surface area contributed by atoms with E-state index in [9.17, 15) is 4.39 Å². The summed E-state index contributed by atoms with van der Waals surface area (Å²) in [6, 6.07) is 1.57. The summed E-state index contributed by atoms with van der Waals surface area (Å²) < 4.78 is 13.3. The maximum absolute atomic E-state index is 13.3. The molecule has 1 aliphatic heterocycles. The maximum Gasteiger partial charge on any atom is 0.141 e. The smallest absolute Gasteiger partial charge is 0.141 e.